The summed E-state index contributed by atoms with van der Waals surface area (Å²) in [6.45, 7) is 5.93. The first kappa shape index (κ1) is 18.4. The highest BCUT2D eigenvalue weighted by molar-refractivity contribution is 5.79. The molecule has 0 spiro atoms. The predicted octanol–water partition coefficient (Wildman–Crippen LogP) is 4.99. The molecule has 1 amide bonds. The molecule has 29 heavy (non-hydrogen) atoms. The Balaban J connectivity index is 1.35. The second kappa shape index (κ2) is 7.34. The minimum atomic E-state index is -0.218. The summed E-state index contributed by atoms with van der Waals surface area (Å²) in [5.41, 5.74) is 6.40. The van der Waals surface area contributed by atoms with Crippen molar-refractivity contribution >= 4 is 6.09 Å². The quantitative estimate of drug-likeness (QED) is 0.694. The summed E-state index contributed by atoms with van der Waals surface area (Å²) in [4.78, 5) is 15.0. The normalized spacial score (nSPS) is 22.9. The van der Waals surface area contributed by atoms with Gasteiger partial charge < -0.3 is 9.47 Å². The van der Waals surface area contributed by atoms with E-state index in [0.29, 0.717) is 25.7 Å². The Kier molecular flexibility index (Phi) is 4.67. The van der Waals surface area contributed by atoms with Crippen molar-refractivity contribution in [2.24, 2.45) is 5.92 Å². The predicted molar refractivity (Wildman–Crippen MR) is 113 cm³/mol. The summed E-state index contributed by atoms with van der Waals surface area (Å²) in [6, 6.07) is 16.9. The number of amides is 1. The smallest absolute Gasteiger partial charge is 0.410 e. The molecule has 0 radical (unpaired) electrons. The molecule has 3 aliphatic rings. The maximum Gasteiger partial charge on any atom is 0.410 e. The monoisotopic (exact) mass is 389 g/mol. The van der Waals surface area contributed by atoms with Crippen LogP contribution in [-0.2, 0) is 9.47 Å². The molecule has 150 valence electrons. The molecule has 2 heterocycles. The van der Waals surface area contributed by atoms with Gasteiger partial charge in [0.2, 0.25) is 0 Å². The van der Waals surface area contributed by atoms with Gasteiger partial charge in [-0.05, 0) is 34.6 Å². The van der Waals surface area contributed by atoms with Gasteiger partial charge in [-0.2, -0.15) is 0 Å². The molecule has 1 fully saturated rings. The number of hydrogen-bond donors (Lipinski definition) is 0. The molecule has 2 atom stereocenters. The van der Waals surface area contributed by atoms with Gasteiger partial charge in [-0.1, -0.05) is 74.0 Å². The number of rotatable bonds is 3. The zero-order valence-electron chi connectivity index (χ0n) is 17.0. The summed E-state index contributed by atoms with van der Waals surface area (Å²) >= 11 is 0. The van der Waals surface area contributed by atoms with Crippen LogP contribution in [0.4, 0.5) is 4.79 Å². The summed E-state index contributed by atoms with van der Waals surface area (Å²) in [7, 11) is 0. The van der Waals surface area contributed by atoms with Crippen LogP contribution in [0.25, 0.3) is 11.1 Å². The number of benzene rings is 2. The largest absolute Gasteiger partial charge is 0.448 e. The standard InChI is InChI=1S/C25H27NO3/c1-16(2)17-11-18-13-28-14-19(12-17)26(18)25(27)29-15-24-22-9-5-3-7-20(22)21-8-4-6-10-23(21)24/h3-11,16,18-19,24H,12-15H2,1-2H3. The lowest BCUT2D eigenvalue weighted by Gasteiger charge is -2.44. The molecule has 2 bridgehead atoms. The van der Waals surface area contributed by atoms with Crippen molar-refractivity contribution in [3.05, 3.63) is 71.3 Å². The molecule has 2 aromatic carbocycles. The number of nitrogens with zero attached hydrogens (tertiary/aromatic N) is 1. The van der Waals surface area contributed by atoms with Crippen LogP contribution in [0.5, 0.6) is 0 Å². The van der Waals surface area contributed by atoms with Gasteiger partial charge in [0.25, 0.3) is 0 Å². The Morgan fingerprint density at radius 2 is 1.72 bits per heavy atom. The maximum atomic E-state index is 13.1. The van der Waals surface area contributed by atoms with Crippen LogP contribution >= 0.6 is 0 Å². The van der Waals surface area contributed by atoms with E-state index in [1.807, 2.05) is 4.90 Å². The van der Waals surface area contributed by atoms with Crippen LogP contribution in [0.15, 0.2) is 60.2 Å². The number of fused-ring (bicyclic) bond motifs is 5. The second-order valence-corrected chi connectivity index (χ2v) is 8.57. The fourth-order valence-corrected chi connectivity index (χ4v) is 5.01. The van der Waals surface area contributed by atoms with Crippen LogP contribution in [0, 0.1) is 5.92 Å². The van der Waals surface area contributed by atoms with E-state index in [1.54, 1.807) is 0 Å². The van der Waals surface area contributed by atoms with E-state index < -0.39 is 0 Å². The van der Waals surface area contributed by atoms with E-state index in [4.69, 9.17) is 9.47 Å². The van der Waals surface area contributed by atoms with Crippen LogP contribution in [0.2, 0.25) is 0 Å². The third-order valence-corrected chi connectivity index (χ3v) is 6.52. The maximum absolute atomic E-state index is 13.1. The average Bonchev–Trinajstić information content (AvgIpc) is 3.05. The van der Waals surface area contributed by atoms with Gasteiger partial charge in [-0.25, -0.2) is 4.79 Å². The molecule has 4 heteroatoms. The lowest BCUT2D eigenvalue weighted by Crippen LogP contribution is -2.56. The molecule has 1 aliphatic carbocycles. The van der Waals surface area contributed by atoms with Gasteiger partial charge >= 0.3 is 6.09 Å². The lowest BCUT2D eigenvalue weighted by atomic mass is 9.88. The van der Waals surface area contributed by atoms with E-state index in [0.717, 1.165) is 6.42 Å². The van der Waals surface area contributed by atoms with Crippen LogP contribution in [0.3, 0.4) is 0 Å². The van der Waals surface area contributed by atoms with E-state index in [-0.39, 0.29) is 24.1 Å². The third-order valence-electron chi connectivity index (χ3n) is 6.52. The van der Waals surface area contributed by atoms with Gasteiger partial charge in [0.05, 0.1) is 25.3 Å². The first-order chi connectivity index (χ1) is 14.1. The molecule has 4 nitrogen and oxygen atoms in total. The topological polar surface area (TPSA) is 38.8 Å². The molecule has 2 aromatic rings. The average molecular weight is 389 g/mol. The number of morpholine rings is 1. The van der Waals surface area contributed by atoms with Gasteiger partial charge in [0.1, 0.15) is 6.61 Å². The number of ether oxygens (including phenoxy) is 2. The minimum Gasteiger partial charge on any atom is -0.448 e. The molecule has 2 aliphatic heterocycles. The zero-order valence-corrected chi connectivity index (χ0v) is 17.0. The lowest BCUT2D eigenvalue weighted by molar-refractivity contribution is -0.0371. The van der Waals surface area contributed by atoms with Crippen LogP contribution < -0.4 is 0 Å². The summed E-state index contributed by atoms with van der Waals surface area (Å²) in [5.74, 6) is 0.594. The Morgan fingerprint density at radius 1 is 1.07 bits per heavy atom. The Hall–Kier alpha value is -2.59. The molecule has 5 rings (SSSR count). The molecule has 1 saturated heterocycles. The van der Waals surface area contributed by atoms with E-state index >= 15 is 0 Å². The van der Waals surface area contributed by atoms with Crippen molar-refractivity contribution in [3.63, 3.8) is 0 Å². The van der Waals surface area contributed by atoms with Crippen molar-refractivity contribution in [1.29, 1.82) is 0 Å². The van der Waals surface area contributed by atoms with Crippen molar-refractivity contribution in [1.82, 2.24) is 4.90 Å². The van der Waals surface area contributed by atoms with Crippen LogP contribution in [-0.4, -0.2) is 42.9 Å². The molecular formula is C25H27NO3. The van der Waals surface area contributed by atoms with E-state index in [2.05, 4.69) is 68.5 Å². The first-order valence-corrected chi connectivity index (χ1v) is 10.5. The highest BCUT2D eigenvalue weighted by Gasteiger charge is 2.40. The molecule has 2 unspecified atom stereocenters. The van der Waals surface area contributed by atoms with Crippen molar-refractivity contribution in [2.75, 3.05) is 19.8 Å². The number of carbonyl (C=O) groups is 1. The van der Waals surface area contributed by atoms with Gasteiger partial charge in [-0.15, -0.1) is 0 Å². The Bertz CT molecular complexity index is 919. The highest BCUT2D eigenvalue weighted by atomic mass is 16.6. The Labute approximate surface area is 172 Å². The SMILES string of the molecule is CC(C)C1=CC2COCC(C1)N2C(=O)OCC1c2ccccc2-c2ccccc21. The molecule has 0 N–H and O–H groups in total. The Morgan fingerprint density at radius 3 is 2.34 bits per heavy atom. The minimum absolute atomic E-state index is 0.0180. The van der Waals surface area contributed by atoms with Crippen LogP contribution in [0.1, 0.15) is 37.3 Å². The highest BCUT2D eigenvalue weighted by Crippen LogP contribution is 2.44. The molecule has 0 saturated carbocycles. The number of carbonyl (C=O) groups excluding carboxylic acids is 1. The molecular weight excluding hydrogens is 362 g/mol. The molecule has 0 aromatic heterocycles. The van der Waals surface area contributed by atoms with Gasteiger partial charge in [-0.3, -0.25) is 4.90 Å². The van der Waals surface area contributed by atoms with Crippen molar-refractivity contribution in [2.45, 2.75) is 38.3 Å². The second-order valence-electron chi connectivity index (χ2n) is 8.57. The van der Waals surface area contributed by atoms with Gasteiger partial charge in [0.15, 0.2) is 0 Å². The summed E-state index contributed by atoms with van der Waals surface area (Å²) < 4.78 is 11.6. The van der Waals surface area contributed by atoms with E-state index in [9.17, 15) is 4.79 Å². The van der Waals surface area contributed by atoms with Crippen molar-refractivity contribution in [3.8, 4) is 11.1 Å². The van der Waals surface area contributed by atoms with E-state index in [1.165, 1.54) is 27.8 Å². The zero-order chi connectivity index (χ0) is 20.0. The summed E-state index contributed by atoms with van der Waals surface area (Å²) in [6.07, 6.45) is 2.87. The summed E-state index contributed by atoms with van der Waals surface area (Å²) in [5, 5.41) is 0. The fraction of sp³-hybridized carbons (Fsp3) is 0.400. The first-order valence-electron chi connectivity index (χ1n) is 10.5. The fourth-order valence-electron chi connectivity index (χ4n) is 5.01. The van der Waals surface area contributed by atoms with Crippen molar-refractivity contribution < 1.29 is 14.3 Å². The third kappa shape index (κ3) is 3.16. The van der Waals surface area contributed by atoms with Gasteiger partial charge in [0, 0.05) is 5.92 Å². The number of hydrogen-bond acceptors (Lipinski definition) is 3.